The van der Waals surface area contributed by atoms with Crippen LogP contribution in [0, 0.1) is 13.8 Å². The molecule has 0 amide bonds. The molecule has 0 bridgehead atoms. The van der Waals surface area contributed by atoms with Crippen molar-refractivity contribution >= 4 is 0 Å². The summed E-state index contributed by atoms with van der Waals surface area (Å²) in [6.45, 7) is 6.05. The third-order valence-corrected chi connectivity index (χ3v) is 3.50. The van der Waals surface area contributed by atoms with E-state index in [1.54, 1.807) is 13.3 Å². The molecule has 0 saturated carbocycles. The minimum absolute atomic E-state index is 0.0989. The summed E-state index contributed by atoms with van der Waals surface area (Å²) in [5.74, 6) is 0.648. The molecule has 0 radical (unpaired) electrons. The molecule has 6 nitrogen and oxygen atoms in total. The number of aromatic nitrogens is 3. The fourth-order valence-electron chi connectivity index (χ4n) is 2.37. The number of nitrogens with one attached hydrogen (secondary N) is 1. The Morgan fingerprint density at radius 3 is 2.86 bits per heavy atom. The van der Waals surface area contributed by atoms with E-state index in [1.165, 1.54) is 5.56 Å². The number of aliphatic hydroxyl groups excluding tert-OH is 1. The quantitative estimate of drug-likeness (QED) is 0.801. The highest BCUT2D eigenvalue weighted by molar-refractivity contribution is 5.27. The van der Waals surface area contributed by atoms with Gasteiger partial charge >= 0.3 is 0 Å². The van der Waals surface area contributed by atoms with Crippen LogP contribution >= 0.6 is 0 Å². The van der Waals surface area contributed by atoms with Crippen molar-refractivity contribution in [2.75, 3.05) is 13.7 Å². The van der Waals surface area contributed by atoms with E-state index < -0.39 is 0 Å². The molecule has 0 aliphatic heterocycles. The summed E-state index contributed by atoms with van der Waals surface area (Å²) in [4.78, 5) is 4.18. The lowest BCUT2D eigenvalue weighted by Crippen LogP contribution is -2.15. The van der Waals surface area contributed by atoms with Gasteiger partial charge in [0.05, 0.1) is 26.0 Å². The van der Waals surface area contributed by atoms with Gasteiger partial charge in [0, 0.05) is 36.1 Å². The van der Waals surface area contributed by atoms with Crippen molar-refractivity contribution in [2.24, 2.45) is 0 Å². The maximum absolute atomic E-state index is 9.03. The molecule has 2 aromatic rings. The number of hydrogen-bond acceptors (Lipinski definition) is 5. The van der Waals surface area contributed by atoms with Gasteiger partial charge in [0.15, 0.2) is 0 Å². The SMILES string of the molecule is COc1ncccc1CNCc1c(C)nn(CCO)c1C. The van der Waals surface area contributed by atoms with Crippen LogP contribution in [-0.2, 0) is 19.6 Å². The maximum atomic E-state index is 9.03. The number of aryl methyl sites for hydroxylation is 1. The Kier molecular flexibility index (Phi) is 5.30. The summed E-state index contributed by atoms with van der Waals surface area (Å²) in [5.41, 5.74) is 4.28. The van der Waals surface area contributed by atoms with E-state index >= 15 is 0 Å². The zero-order valence-corrected chi connectivity index (χ0v) is 12.8. The lowest BCUT2D eigenvalue weighted by Gasteiger charge is -2.09. The van der Waals surface area contributed by atoms with Gasteiger partial charge in [-0.1, -0.05) is 6.07 Å². The van der Waals surface area contributed by atoms with Crippen LogP contribution < -0.4 is 10.1 Å². The van der Waals surface area contributed by atoms with E-state index in [2.05, 4.69) is 15.4 Å². The van der Waals surface area contributed by atoms with Crippen LogP contribution in [0.4, 0.5) is 0 Å². The molecule has 6 heteroatoms. The second-order valence-electron chi connectivity index (χ2n) is 4.87. The smallest absolute Gasteiger partial charge is 0.217 e. The van der Waals surface area contributed by atoms with Crippen molar-refractivity contribution in [3.63, 3.8) is 0 Å². The number of nitrogens with zero attached hydrogens (tertiary/aromatic N) is 3. The Morgan fingerprint density at radius 2 is 2.14 bits per heavy atom. The van der Waals surface area contributed by atoms with Gasteiger partial charge < -0.3 is 15.2 Å². The van der Waals surface area contributed by atoms with Crippen LogP contribution in [0.25, 0.3) is 0 Å². The molecule has 2 aromatic heterocycles. The summed E-state index contributed by atoms with van der Waals surface area (Å²) in [6.07, 6.45) is 1.72. The molecule has 0 saturated heterocycles. The van der Waals surface area contributed by atoms with E-state index in [9.17, 15) is 0 Å². The Balaban J connectivity index is 2.00. The monoisotopic (exact) mass is 290 g/mol. The van der Waals surface area contributed by atoms with Crippen LogP contribution in [0.2, 0.25) is 0 Å². The fraction of sp³-hybridized carbons (Fsp3) is 0.467. The van der Waals surface area contributed by atoms with Gasteiger partial charge in [-0.2, -0.15) is 5.10 Å². The number of hydrogen-bond donors (Lipinski definition) is 2. The molecule has 0 fully saturated rings. The minimum atomic E-state index is 0.0989. The Morgan fingerprint density at radius 1 is 1.33 bits per heavy atom. The molecular formula is C15H22N4O2. The molecule has 2 N–H and O–H groups in total. The average molecular weight is 290 g/mol. The van der Waals surface area contributed by atoms with Gasteiger partial charge in [0.2, 0.25) is 5.88 Å². The summed E-state index contributed by atoms with van der Waals surface area (Å²) in [7, 11) is 1.62. The first kappa shape index (κ1) is 15.5. The summed E-state index contributed by atoms with van der Waals surface area (Å²) >= 11 is 0. The number of ether oxygens (including phenoxy) is 1. The van der Waals surface area contributed by atoms with Crippen molar-refractivity contribution in [1.29, 1.82) is 0 Å². The normalized spacial score (nSPS) is 10.9. The van der Waals surface area contributed by atoms with Gasteiger partial charge in [-0.05, 0) is 19.9 Å². The van der Waals surface area contributed by atoms with E-state index in [0.29, 0.717) is 19.0 Å². The van der Waals surface area contributed by atoms with Crippen molar-refractivity contribution < 1.29 is 9.84 Å². The summed E-state index contributed by atoms with van der Waals surface area (Å²) in [6, 6.07) is 3.89. The lowest BCUT2D eigenvalue weighted by atomic mass is 10.2. The van der Waals surface area contributed by atoms with Crippen LogP contribution in [0.1, 0.15) is 22.5 Å². The van der Waals surface area contributed by atoms with Crippen molar-refractivity contribution in [3.8, 4) is 5.88 Å². The number of aliphatic hydroxyl groups is 1. The Labute approximate surface area is 124 Å². The second-order valence-corrected chi connectivity index (χ2v) is 4.87. The maximum Gasteiger partial charge on any atom is 0.217 e. The van der Waals surface area contributed by atoms with E-state index in [-0.39, 0.29) is 6.61 Å². The van der Waals surface area contributed by atoms with Gasteiger partial charge in [0.25, 0.3) is 0 Å². The Bertz CT molecular complexity index is 595. The molecule has 0 aliphatic carbocycles. The standard InChI is InChI=1S/C15H22N4O2/c1-11-14(12(2)19(18-11)7-8-20)10-16-9-13-5-4-6-17-15(13)21-3/h4-6,16,20H,7-10H2,1-3H3. The zero-order valence-electron chi connectivity index (χ0n) is 12.8. The first-order chi connectivity index (χ1) is 10.2. The average Bonchev–Trinajstić information content (AvgIpc) is 2.75. The number of methoxy groups -OCH3 is 1. The number of rotatable bonds is 7. The van der Waals surface area contributed by atoms with Gasteiger partial charge in [-0.3, -0.25) is 4.68 Å². The van der Waals surface area contributed by atoms with Crippen molar-refractivity contribution in [2.45, 2.75) is 33.5 Å². The molecule has 2 heterocycles. The van der Waals surface area contributed by atoms with Gasteiger partial charge in [-0.15, -0.1) is 0 Å². The molecule has 0 aliphatic rings. The zero-order chi connectivity index (χ0) is 15.2. The predicted octanol–water partition coefficient (Wildman–Crippen LogP) is 1.19. The second kappa shape index (κ2) is 7.19. The molecule has 21 heavy (non-hydrogen) atoms. The molecule has 114 valence electrons. The minimum Gasteiger partial charge on any atom is -0.481 e. The van der Waals surface area contributed by atoms with Crippen molar-refractivity contribution in [1.82, 2.24) is 20.1 Å². The first-order valence-electron chi connectivity index (χ1n) is 6.99. The Hall–Kier alpha value is -1.92. The molecular weight excluding hydrogens is 268 g/mol. The largest absolute Gasteiger partial charge is 0.481 e. The third-order valence-electron chi connectivity index (χ3n) is 3.50. The van der Waals surface area contributed by atoms with Gasteiger partial charge in [-0.25, -0.2) is 4.98 Å². The topological polar surface area (TPSA) is 72.2 Å². The highest BCUT2D eigenvalue weighted by Gasteiger charge is 2.11. The third kappa shape index (κ3) is 3.59. The van der Waals surface area contributed by atoms with Gasteiger partial charge in [0.1, 0.15) is 0 Å². The molecule has 0 atom stereocenters. The molecule has 0 aromatic carbocycles. The predicted molar refractivity (Wildman–Crippen MR) is 80.1 cm³/mol. The molecule has 0 spiro atoms. The van der Waals surface area contributed by atoms with Crippen LogP contribution in [0.15, 0.2) is 18.3 Å². The summed E-state index contributed by atoms with van der Waals surface area (Å²) < 4.78 is 7.08. The highest BCUT2D eigenvalue weighted by Crippen LogP contribution is 2.15. The van der Waals surface area contributed by atoms with Crippen LogP contribution in [0.5, 0.6) is 5.88 Å². The van der Waals surface area contributed by atoms with Crippen LogP contribution in [0.3, 0.4) is 0 Å². The van der Waals surface area contributed by atoms with Crippen molar-refractivity contribution in [3.05, 3.63) is 40.8 Å². The highest BCUT2D eigenvalue weighted by atomic mass is 16.5. The fourth-order valence-corrected chi connectivity index (χ4v) is 2.37. The van der Waals surface area contributed by atoms with Crippen LogP contribution in [-0.4, -0.2) is 33.6 Å². The first-order valence-corrected chi connectivity index (χ1v) is 6.99. The van der Waals surface area contributed by atoms with E-state index in [1.807, 2.05) is 30.7 Å². The van der Waals surface area contributed by atoms with E-state index in [0.717, 1.165) is 23.5 Å². The number of pyridine rings is 1. The summed E-state index contributed by atoms with van der Waals surface area (Å²) in [5, 5.41) is 16.9. The van der Waals surface area contributed by atoms with E-state index in [4.69, 9.17) is 9.84 Å². The lowest BCUT2D eigenvalue weighted by molar-refractivity contribution is 0.267. The molecule has 2 rings (SSSR count). The molecule has 0 unspecified atom stereocenters.